The van der Waals surface area contributed by atoms with E-state index in [0.29, 0.717) is 6.54 Å². The quantitative estimate of drug-likeness (QED) is 0.334. The van der Waals surface area contributed by atoms with Crippen LogP contribution in [0.3, 0.4) is 0 Å². The Hall–Kier alpha value is -1.57. The van der Waals surface area contributed by atoms with Gasteiger partial charge in [-0.2, -0.15) is 0 Å². The zero-order valence-electron chi connectivity index (χ0n) is 17.1. The molecule has 0 amide bonds. The molecule has 0 aliphatic heterocycles. The molecule has 0 aliphatic carbocycles. The lowest BCUT2D eigenvalue weighted by molar-refractivity contribution is -0.153. The van der Waals surface area contributed by atoms with E-state index in [4.69, 9.17) is 9.84 Å². The zero-order valence-corrected chi connectivity index (χ0v) is 17.9. The number of carbonyl (C=O) groups excluding carboxylic acids is 1. The Balaban J connectivity index is 2.54. The predicted molar refractivity (Wildman–Crippen MR) is 110 cm³/mol. The number of hydrogen-bond acceptors (Lipinski definition) is 6. The molecule has 0 saturated carbocycles. The van der Waals surface area contributed by atoms with Crippen molar-refractivity contribution in [3.63, 3.8) is 0 Å². The van der Waals surface area contributed by atoms with Gasteiger partial charge in [0.1, 0.15) is 6.73 Å². The Bertz CT molecular complexity index is 618. The monoisotopic (exact) mass is 396 g/mol. The zero-order chi connectivity index (χ0) is 20.7. The maximum atomic E-state index is 11.7. The highest BCUT2D eigenvalue weighted by molar-refractivity contribution is 7.99. The highest BCUT2D eigenvalue weighted by Crippen LogP contribution is 2.28. The molecule has 152 valence electrons. The molecule has 1 aromatic carbocycles. The van der Waals surface area contributed by atoms with E-state index in [-0.39, 0.29) is 29.2 Å². The molecule has 6 nitrogen and oxygen atoms in total. The SMILES string of the molecule is CC(C)(C)NC(SCCNCOC(=O)C(C)(C)C)c1ccc(C(=O)O)cc1. The van der Waals surface area contributed by atoms with E-state index in [1.54, 1.807) is 23.9 Å². The Morgan fingerprint density at radius 2 is 1.70 bits per heavy atom. The summed E-state index contributed by atoms with van der Waals surface area (Å²) in [7, 11) is 0. The van der Waals surface area contributed by atoms with Crippen LogP contribution in [0.25, 0.3) is 0 Å². The Kier molecular flexibility index (Phi) is 8.78. The summed E-state index contributed by atoms with van der Waals surface area (Å²) < 4.78 is 5.18. The molecule has 3 N–H and O–H groups in total. The van der Waals surface area contributed by atoms with Gasteiger partial charge >= 0.3 is 11.9 Å². The van der Waals surface area contributed by atoms with Crippen LogP contribution in [-0.4, -0.2) is 41.6 Å². The molecule has 0 radical (unpaired) electrons. The molecule has 1 unspecified atom stereocenters. The second-order valence-electron chi connectivity index (χ2n) is 8.40. The summed E-state index contributed by atoms with van der Waals surface area (Å²) in [5.74, 6) is -0.349. The average Bonchev–Trinajstić information content (AvgIpc) is 2.54. The summed E-state index contributed by atoms with van der Waals surface area (Å²) in [5, 5.41) is 15.7. The second-order valence-corrected chi connectivity index (χ2v) is 9.61. The number of esters is 1. The number of carbonyl (C=O) groups is 2. The molecular formula is C20H32N2O4S. The van der Waals surface area contributed by atoms with Gasteiger partial charge in [-0.15, -0.1) is 11.8 Å². The molecular weight excluding hydrogens is 364 g/mol. The van der Waals surface area contributed by atoms with Crippen molar-refractivity contribution in [2.45, 2.75) is 52.5 Å². The third-order valence-electron chi connectivity index (χ3n) is 3.51. The van der Waals surface area contributed by atoms with Crippen LogP contribution in [-0.2, 0) is 9.53 Å². The molecule has 27 heavy (non-hydrogen) atoms. The van der Waals surface area contributed by atoms with Crippen LogP contribution >= 0.6 is 11.8 Å². The molecule has 0 fully saturated rings. The molecule has 1 atom stereocenters. The van der Waals surface area contributed by atoms with Crippen molar-refractivity contribution >= 4 is 23.7 Å². The fraction of sp³-hybridized carbons (Fsp3) is 0.600. The highest BCUT2D eigenvalue weighted by Gasteiger charge is 2.23. The Labute approximate surface area is 166 Å². The van der Waals surface area contributed by atoms with Gasteiger partial charge in [0.15, 0.2) is 0 Å². The van der Waals surface area contributed by atoms with Crippen molar-refractivity contribution in [3.05, 3.63) is 35.4 Å². The fourth-order valence-electron chi connectivity index (χ4n) is 2.07. The highest BCUT2D eigenvalue weighted by atomic mass is 32.2. The van der Waals surface area contributed by atoms with Crippen LogP contribution in [0.2, 0.25) is 0 Å². The first-order valence-corrected chi connectivity index (χ1v) is 10.1. The third-order valence-corrected chi connectivity index (χ3v) is 4.67. The molecule has 0 bridgehead atoms. The molecule has 0 aliphatic rings. The van der Waals surface area contributed by atoms with E-state index in [9.17, 15) is 9.59 Å². The van der Waals surface area contributed by atoms with Crippen LogP contribution in [0, 0.1) is 5.41 Å². The second kappa shape index (κ2) is 10.1. The van der Waals surface area contributed by atoms with Gasteiger partial charge in [0.05, 0.1) is 16.4 Å². The maximum absolute atomic E-state index is 11.7. The third kappa shape index (κ3) is 9.26. The van der Waals surface area contributed by atoms with Crippen molar-refractivity contribution in [3.8, 4) is 0 Å². The van der Waals surface area contributed by atoms with Crippen molar-refractivity contribution < 1.29 is 19.4 Å². The number of thioether (sulfide) groups is 1. The van der Waals surface area contributed by atoms with Crippen molar-refractivity contribution in [2.24, 2.45) is 5.41 Å². The van der Waals surface area contributed by atoms with Gasteiger partial charge in [-0.1, -0.05) is 12.1 Å². The minimum Gasteiger partial charge on any atom is -0.478 e. The summed E-state index contributed by atoms with van der Waals surface area (Å²) in [6.45, 7) is 12.6. The Morgan fingerprint density at radius 1 is 1.11 bits per heavy atom. The van der Waals surface area contributed by atoms with E-state index in [1.165, 1.54) is 0 Å². The number of carboxylic acid groups (broad SMARTS) is 1. The maximum Gasteiger partial charge on any atom is 0.335 e. The summed E-state index contributed by atoms with van der Waals surface area (Å²) in [4.78, 5) is 22.7. The Morgan fingerprint density at radius 3 is 2.19 bits per heavy atom. The van der Waals surface area contributed by atoms with Crippen LogP contribution < -0.4 is 10.6 Å². The van der Waals surface area contributed by atoms with Crippen LogP contribution in [0.5, 0.6) is 0 Å². The molecule has 1 aromatic rings. The summed E-state index contributed by atoms with van der Waals surface area (Å²) in [5.41, 5.74) is 0.721. The van der Waals surface area contributed by atoms with E-state index in [0.717, 1.165) is 11.3 Å². The van der Waals surface area contributed by atoms with E-state index >= 15 is 0 Å². The first-order valence-electron chi connectivity index (χ1n) is 9.00. The summed E-state index contributed by atoms with van der Waals surface area (Å²) in [6.07, 6.45) is 0. The molecule has 0 spiro atoms. The van der Waals surface area contributed by atoms with Gasteiger partial charge in [0, 0.05) is 17.8 Å². The lowest BCUT2D eigenvalue weighted by Crippen LogP contribution is -2.38. The van der Waals surface area contributed by atoms with Gasteiger partial charge in [-0.3, -0.25) is 15.4 Å². The average molecular weight is 397 g/mol. The van der Waals surface area contributed by atoms with Gasteiger partial charge < -0.3 is 9.84 Å². The van der Waals surface area contributed by atoms with Crippen molar-refractivity contribution in [2.75, 3.05) is 19.0 Å². The topological polar surface area (TPSA) is 87.7 Å². The molecule has 0 aromatic heterocycles. The smallest absolute Gasteiger partial charge is 0.335 e. The van der Waals surface area contributed by atoms with Gasteiger partial charge in [-0.05, 0) is 59.2 Å². The molecule has 0 heterocycles. The molecule has 7 heteroatoms. The number of hydrogen-bond donors (Lipinski definition) is 3. The number of carboxylic acids is 1. The van der Waals surface area contributed by atoms with Crippen molar-refractivity contribution in [1.82, 2.24) is 10.6 Å². The number of benzene rings is 1. The van der Waals surface area contributed by atoms with Crippen molar-refractivity contribution in [1.29, 1.82) is 0 Å². The lowest BCUT2D eigenvalue weighted by Gasteiger charge is -2.28. The standard InChI is InChI=1S/C20H32N2O4S/c1-19(2,3)18(25)26-13-21-11-12-27-16(22-20(4,5)6)14-7-9-15(10-8-14)17(23)24/h7-10,16,21-22H,11-13H2,1-6H3,(H,23,24). The number of nitrogens with one attached hydrogen (secondary N) is 2. The van der Waals surface area contributed by atoms with Gasteiger partial charge in [0.25, 0.3) is 0 Å². The first-order chi connectivity index (χ1) is 12.4. The summed E-state index contributed by atoms with van der Waals surface area (Å²) >= 11 is 1.72. The summed E-state index contributed by atoms with van der Waals surface area (Å²) in [6, 6.07) is 6.94. The van der Waals surface area contributed by atoms with Crippen LogP contribution in [0.1, 0.15) is 62.8 Å². The van der Waals surface area contributed by atoms with E-state index in [1.807, 2.05) is 32.9 Å². The largest absolute Gasteiger partial charge is 0.478 e. The lowest BCUT2D eigenvalue weighted by atomic mass is 9.98. The van der Waals surface area contributed by atoms with Gasteiger partial charge in [-0.25, -0.2) is 4.79 Å². The van der Waals surface area contributed by atoms with Crippen LogP contribution in [0.15, 0.2) is 24.3 Å². The number of aromatic carboxylic acids is 1. The van der Waals surface area contributed by atoms with Crippen LogP contribution in [0.4, 0.5) is 0 Å². The number of ether oxygens (including phenoxy) is 1. The predicted octanol–water partition coefficient (Wildman–Crippen LogP) is 3.64. The minimum atomic E-state index is -0.927. The molecule has 1 rings (SSSR count). The normalized spacial score (nSPS) is 13.3. The molecule has 0 saturated heterocycles. The van der Waals surface area contributed by atoms with Gasteiger partial charge in [0.2, 0.25) is 0 Å². The van der Waals surface area contributed by atoms with E-state index < -0.39 is 11.4 Å². The first kappa shape index (κ1) is 23.5. The van der Waals surface area contributed by atoms with E-state index in [2.05, 4.69) is 31.4 Å². The number of rotatable bonds is 9. The minimum absolute atomic E-state index is 0.0340. The fourth-order valence-corrected chi connectivity index (χ4v) is 3.35.